The van der Waals surface area contributed by atoms with Crippen LogP contribution in [0.1, 0.15) is 96.8 Å². The van der Waals surface area contributed by atoms with E-state index in [1.807, 2.05) is 4.90 Å². The van der Waals surface area contributed by atoms with Gasteiger partial charge in [-0.15, -0.1) is 0 Å². The molecular formula is C22H43NO4. The summed E-state index contributed by atoms with van der Waals surface area (Å²) in [5, 5.41) is 18.5. The van der Waals surface area contributed by atoms with Crippen LogP contribution < -0.4 is 0 Å². The normalized spacial score (nSPS) is 18.7. The minimum atomic E-state index is -0.783. The number of likely N-dealkylation sites (tertiary alicyclic amines) is 1. The molecule has 5 nitrogen and oxygen atoms in total. The van der Waals surface area contributed by atoms with Gasteiger partial charge in [-0.1, -0.05) is 77.6 Å². The number of carbonyl (C=O) groups excluding carboxylic acids is 1. The Morgan fingerprint density at radius 2 is 1.56 bits per heavy atom. The molecule has 0 aliphatic carbocycles. The molecular weight excluding hydrogens is 342 g/mol. The topological polar surface area (TPSA) is 70.0 Å². The van der Waals surface area contributed by atoms with Gasteiger partial charge in [-0.2, -0.15) is 0 Å². The van der Waals surface area contributed by atoms with E-state index in [1.54, 1.807) is 0 Å². The van der Waals surface area contributed by atoms with Crippen molar-refractivity contribution < 1.29 is 19.7 Å². The predicted molar refractivity (Wildman–Crippen MR) is 110 cm³/mol. The molecule has 160 valence electrons. The van der Waals surface area contributed by atoms with Gasteiger partial charge in [0.05, 0.1) is 19.3 Å². The minimum absolute atomic E-state index is 0.166. The van der Waals surface area contributed by atoms with E-state index in [4.69, 9.17) is 9.84 Å². The average molecular weight is 386 g/mol. The minimum Gasteiger partial charge on any atom is -0.465 e. The second-order valence-electron chi connectivity index (χ2n) is 8.05. The van der Waals surface area contributed by atoms with E-state index in [9.17, 15) is 9.90 Å². The van der Waals surface area contributed by atoms with Gasteiger partial charge in [-0.05, 0) is 25.8 Å². The number of hydrogen-bond donors (Lipinski definition) is 2. The van der Waals surface area contributed by atoms with Crippen LogP contribution in [0.4, 0.5) is 0 Å². The van der Waals surface area contributed by atoms with Gasteiger partial charge in [0.15, 0.2) is 0 Å². The molecule has 0 aromatic rings. The molecule has 0 spiro atoms. The maximum Gasteiger partial charge on any atom is 0.323 e. The largest absolute Gasteiger partial charge is 0.465 e. The zero-order chi connectivity index (χ0) is 19.7. The summed E-state index contributed by atoms with van der Waals surface area (Å²) < 4.78 is 5.44. The molecule has 1 fully saturated rings. The summed E-state index contributed by atoms with van der Waals surface area (Å²) in [6.07, 6.45) is 16.5. The lowest BCUT2D eigenvalue weighted by atomic mass is 10.1. The Morgan fingerprint density at radius 3 is 2.11 bits per heavy atom. The van der Waals surface area contributed by atoms with Crippen molar-refractivity contribution in [1.82, 2.24) is 4.90 Å². The van der Waals surface area contributed by atoms with Crippen molar-refractivity contribution in [2.24, 2.45) is 0 Å². The second kappa shape index (κ2) is 16.3. The Kier molecular flexibility index (Phi) is 14.7. The summed E-state index contributed by atoms with van der Waals surface area (Å²) in [4.78, 5) is 14.2. The summed E-state index contributed by atoms with van der Waals surface area (Å²) in [5.74, 6) is -0.166. The van der Waals surface area contributed by atoms with E-state index in [0.717, 1.165) is 32.2 Å². The van der Waals surface area contributed by atoms with Crippen molar-refractivity contribution >= 4 is 5.97 Å². The molecule has 27 heavy (non-hydrogen) atoms. The Hall–Kier alpha value is -0.650. The summed E-state index contributed by atoms with van der Waals surface area (Å²) in [7, 11) is 0. The Balaban J connectivity index is 1.93. The highest BCUT2D eigenvalue weighted by atomic mass is 16.5. The van der Waals surface area contributed by atoms with E-state index >= 15 is 0 Å². The summed E-state index contributed by atoms with van der Waals surface area (Å²) in [6.45, 7) is 3.62. The lowest BCUT2D eigenvalue weighted by Gasteiger charge is -2.24. The van der Waals surface area contributed by atoms with Gasteiger partial charge in [-0.3, -0.25) is 9.69 Å². The molecule has 1 unspecified atom stereocenters. The van der Waals surface area contributed by atoms with Gasteiger partial charge in [0.1, 0.15) is 6.04 Å². The number of esters is 1. The highest BCUT2D eigenvalue weighted by Gasteiger charge is 2.32. The first-order valence-electron chi connectivity index (χ1n) is 11.4. The first-order chi connectivity index (χ1) is 13.2. The van der Waals surface area contributed by atoms with Crippen LogP contribution in [0, 0.1) is 0 Å². The number of carbonyl (C=O) groups is 1. The molecule has 5 heteroatoms. The maximum absolute atomic E-state index is 12.2. The molecule has 1 aliphatic rings. The number of unbranched alkanes of at least 4 members (excludes halogenated alkanes) is 11. The van der Waals surface area contributed by atoms with Gasteiger partial charge in [0.25, 0.3) is 0 Å². The molecule has 1 saturated heterocycles. The molecule has 1 heterocycles. The van der Waals surface area contributed by atoms with Gasteiger partial charge in [0, 0.05) is 6.54 Å². The summed E-state index contributed by atoms with van der Waals surface area (Å²) in [6, 6.07) is -0.247. The van der Waals surface area contributed by atoms with Crippen LogP contribution in [0.15, 0.2) is 0 Å². The number of aliphatic hydroxyl groups excluding tert-OH is 2. The van der Waals surface area contributed by atoms with Crippen molar-refractivity contribution in [3.63, 3.8) is 0 Å². The number of rotatable bonds is 17. The van der Waals surface area contributed by atoms with Crippen LogP contribution >= 0.6 is 0 Å². The standard InChI is InChI=1S/C22H43NO4/c1-2-3-4-5-6-7-8-9-10-11-12-13-17-27-22(26)21-15-14-16-23(21)18-20(25)19-24/h20-21,24-25H,2-19H2,1H3/t20?,21-/m0/s1. The summed E-state index contributed by atoms with van der Waals surface area (Å²) >= 11 is 0. The molecule has 2 N–H and O–H groups in total. The number of hydrogen-bond acceptors (Lipinski definition) is 5. The smallest absolute Gasteiger partial charge is 0.323 e. The van der Waals surface area contributed by atoms with E-state index in [0.29, 0.717) is 13.2 Å². The molecule has 0 aromatic heterocycles. The lowest BCUT2D eigenvalue weighted by Crippen LogP contribution is -2.42. The molecule has 0 saturated carbocycles. The first-order valence-corrected chi connectivity index (χ1v) is 11.4. The fraction of sp³-hybridized carbons (Fsp3) is 0.955. The SMILES string of the molecule is CCCCCCCCCCCCCCOC(=O)[C@@H]1CCCN1CC(O)CO. The Labute approximate surface area is 166 Å². The van der Waals surface area contributed by atoms with Crippen LogP contribution in [-0.4, -0.2) is 59.5 Å². The molecule has 0 aromatic carbocycles. The second-order valence-corrected chi connectivity index (χ2v) is 8.05. The Bertz CT molecular complexity index is 364. The van der Waals surface area contributed by atoms with E-state index in [2.05, 4.69) is 6.92 Å². The van der Waals surface area contributed by atoms with Gasteiger partial charge in [0.2, 0.25) is 0 Å². The van der Waals surface area contributed by atoms with E-state index < -0.39 is 6.10 Å². The van der Waals surface area contributed by atoms with Crippen molar-refractivity contribution in [3.8, 4) is 0 Å². The van der Waals surface area contributed by atoms with Crippen LogP contribution in [-0.2, 0) is 9.53 Å². The van der Waals surface area contributed by atoms with Crippen molar-refractivity contribution in [1.29, 1.82) is 0 Å². The van der Waals surface area contributed by atoms with Crippen molar-refractivity contribution in [3.05, 3.63) is 0 Å². The summed E-state index contributed by atoms with van der Waals surface area (Å²) in [5.41, 5.74) is 0. The average Bonchev–Trinajstić information content (AvgIpc) is 3.13. The molecule has 0 amide bonds. The molecule has 1 rings (SSSR count). The van der Waals surface area contributed by atoms with E-state index in [1.165, 1.54) is 64.2 Å². The highest BCUT2D eigenvalue weighted by molar-refractivity contribution is 5.76. The molecule has 0 radical (unpaired) electrons. The van der Waals surface area contributed by atoms with Gasteiger partial charge < -0.3 is 14.9 Å². The first kappa shape index (κ1) is 24.4. The van der Waals surface area contributed by atoms with Crippen molar-refractivity contribution in [2.45, 2.75) is 109 Å². The lowest BCUT2D eigenvalue weighted by molar-refractivity contribution is -0.149. The van der Waals surface area contributed by atoms with Crippen LogP contribution in [0.3, 0.4) is 0 Å². The molecule has 1 aliphatic heterocycles. The number of ether oxygens (including phenoxy) is 1. The number of nitrogens with zero attached hydrogens (tertiary/aromatic N) is 1. The van der Waals surface area contributed by atoms with Crippen LogP contribution in [0.25, 0.3) is 0 Å². The zero-order valence-electron chi connectivity index (χ0n) is 17.5. The third-order valence-corrected chi connectivity index (χ3v) is 5.53. The zero-order valence-corrected chi connectivity index (χ0v) is 17.5. The predicted octanol–water partition coefficient (Wildman–Crippen LogP) is 4.05. The quantitative estimate of drug-likeness (QED) is 0.292. The fourth-order valence-corrected chi connectivity index (χ4v) is 3.85. The number of aliphatic hydroxyl groups is 2. The highest BCUT2D eigenvalue weighted by Crippen LogP contribution is 2.19. The Morgan fingerprint density at radius 1 is 1.00 bits per heavy atom. The maximum atomic E-state index is 12.2. The molecule has 2 atom stereocenters. The van der Waals surface area contributed by atoms with Crippen LogP contribution in [0.2, 0.25) is 0 Å². The van der Waals surface area contributed by atoms with Crippen molar-refractivity contribution in [2.75, 3.05) is 26.3 Å². The third-order valence-electron chi connectivity index (χ3n) is 5.53. The fourth-order valence-electron chi connectivity index (χ4n) is 3.85. The van der Waals surface area contributed by atoms with Crippen LogP contribution in [0.5, 0.6) is 0 Å². The number of β-amino-alcohol motifs (C(OH)–C–C–N with tert-alkyl or cyclic N) is 1. The van der Waals surface area contributed by atoms with Gasteiger partial charge in [-0.25, -0.2) is 0 Å². The third kappa shape index (κ3) is 11.7. The van der Waals surface area contributed by atoms with Gasteiger partial charge >= 0.3 is 5.97 Å². The van der Waals surface area contributed by atoms with E-state index in [-0.39, 0.29) is 18.6 Å². The monoisotopic (exact) mass is 385 g/mol. The molecule has 0 bridgehead atoms.